The predicted octanol–water partition coefficient (Wildman–Crippen LogP) is 5.18. The molecule has 0 radical (unpaired) electrons. The number of aromatic nitrogens is 3. The van der Waals surface area contributed by atoms with E-state index >= 15 is 0 Å². The van der Waals surface area contributed by atoms with Crippen molar-refractivity contribution in [2.24, 2.45) is 0 Å². The van der Waals surface area contributed by atoms with Crippen molar-refractivity contribution >= 4 is 23.4 Å². The fourth-order valence-corrected chi connectivity index (χ4v) is 3.70. The SMILES string of the molecule is CCCCOc1ccc(-c2nnc(SCC(=O)Nc3ccc(C)cc3)n2CC)cc1. The minimum atomic E-state index is -0.0652. The molecule has 158 valence electrons. The van der Waals surface area contributed by atoms with Crippen molar-refractivity contribution in [3.8, 4) is 17.1 Å². The van der Waals surface area contributed by atoms with E-state index in [-0.39, 0.29) is 11.7 Å². The van der Waals surface area contributed by atoms with E-state index in [1.165, 1.54) is 11.8 Å². The summed E-state index contributed by atoms with van der Waals surface area (Å²) in [5, 5.41) is 12.3. The molecule has 0 aliphatic heterocycles. The minimum absolute atomic E-state index is 0.0652. The zero-order valence-corrected chi connectivity index (χ0v) is 18.5. The number of carbonyl (C=O) groups excluding carboxylic acids is 1. The Labute approximate surface area is 182 Å². The Hall–Kier alpha value is -2.80. The third kappa shape index (κ3) is 5.86. The summed E-state index contributed by atoms with van der Waals surface area (Å²) in [4.78, 5) is 12.3. The topological polar surface area (TPSA) is 69.0 Å². The quantitative estimate of drug-likeness (QED) is 0.359. The van der Waals surface area contributed by atoms with E-state index in [2.05, 4.69) is 22.4 Å². The molecule has 0 unspecified atom stereocenters. The average Bonchev–Trinajstić information content (AvgIpc) is 3.17. The Bertz CT molecular complexity index is 952. The average molecular weight is 425 g/mol. The highest BCUT2D eigenvalue weighted by Crippen LogP contribution is 2.26. The van der Waals surface area contributed by atoms with Crippen molar-refractivity contribution in [3.05, 3.63) is 54.1 Å². The molecule has 0 aliphatic carbocycles. The Morgan fingerprint density at radius 1 is 1.07 bits per heavy atom. The van der Waals surface area contributed by atoms with Crippen LogP contribution in [0.25, 0.3) is 11.4 Å². The second-order valence-corrected chi connectivity index (χ2v) is 7.92. The normalized spacial score (nSPS) is 10.8. The van der Waals surface area contributed by atoms with Crippen LogP contribution in [0.3, 0.4) is 0 Å². The van der Waals surface area contributed by atoms with Crippen molar-refractivity contribution in [2.75, 3.05) is 17.7 Å². The first-order valence-electron chi connectivity index (χ1n) is 10.3. The van der Waals surface area contributed by atoms with Crippen molar-refractivity contribution in [1.29, 1.82) is 0 Å². The Balaban J connectivity index is 1.62. The molecule has 3 aromatic rings. The smallest absolute Gasteiger partial charge is 0.234 e. The van der Waals surface area contributed by atoms with Crippen LogP contribution in [0.1, 0.15) is 32.3 Å². The fraction of sp³-hybridized carbons (Fsp3) is 0.348. The number of anilines is 1. The summed E-state index contributed by atoms with van der Waals surface area (Å²) in [5.41, 5.74) is 2.93. The Morgan fingerprint density at radius 3 is 2.47 bits per heavy atom. The van der Waals surface area contributed by atoms with E-state index < -0.39 is 0 Å². The van der Waals surface area contributed by atoms with E-state index in [1.54, 1.807) is 0 Å². The molecule has 7 heteroatoms. The molecular weight excluding hydrogens is 396 g/mol. The number of rotatable bonds is 10. The Kier molecular flexibility index (Phi) is 7.90. The molecule has 2 aromatic carbocycles. The lowest BCUT2D eigenvalue weighted by molar-refractivity contribution is -0.113. The molecule has 1 heterocycles. The molecule has 0 saturated carbocycles. The monoisotopic (exact) mass is 424 g/mol. The van der Waals surface area contributed by atoms with Crippen molar-refractivity contribution < 1.29 is 9.53 Å². The third-order valence-corrected chi connectivity index (χ3v) is 5.55. The fourth-order valence-electron chi connectivity index (χ4n) is 2.89. The molecule has 1 aromatic heterocycles. The number of unbranched alkanes of at least 4 members (excludes halogenated alkanes) is 1. The number of amides is 1. The number of thioether (sulfide) groups is 1. The molecule has 0 saturated heterocycles. The molecule has 6 nitrogen and oxygen atoms in total. The number of ether oxygens (including phenoxy) is 1. The van der Waals surface area contributed by atoms with Gasteiger partial charge in [0.15, 0.2) is 11.0 Å². The summed E-state index contributed by atoms with van der Waals surface area (Å²) in [6.45, 7) is 7.66. The number of aryl methyl sites for hydroxylation is 1. The van der Waals surface area contributed by atoms with Gasteiger partial charge in [0.2, 0.25) is 5.91 Å². The summed E-state index contributed by atoms with van der Waals surface area (Å²) in [6.07, 6.45) is 2.16. The van der Waals surface area contributed by atoms with Crippen LogP contribution < -0.4 is 10.1 Å². The van der Waals surface area contributed by atoms with E-state index in [4.69, 9.17) is 4.74 Å². The number of hydrogen-bond acceptors (Lipinski definition) is 5. The van der Waals surface area contributed by atoms with Gasteiger partial charge in [-0.3, -0.25) is 4.79 Å². The molecule has 1 N–H and O–H groups in total. The number of carbonyl (C=O) groups is 1. The standard InChI is InChI=1S/C23H28N4O2S/c1-4-6-15-29-20-13-9-18(10-14-20)22-25-26-23(27(22)5-2)30-16-21(28)24-19-11-7-17(3)8-12-19/h7-14H,4-6,15-16H2,1-3H3,(H,24,28). The molecule has 3 rings (SSSR count). The van der Waals surface area contributed by atoms with Gasteiger partial charge in [0, 0.05) is 17.8 Å². The van der Waals surface area contributed by atoms with Crippen molar-refractivity contribution in [1.82, 2.24) is 14.8 Å². The van der Waals surface area contributed by atoms with Gasteiger partial charge in [-0.1, -0.05) is 42.8 Å². The summed E-state index contributed by atoms with van der Waals surface area (Å²) in [7, 11) is 0. The Morgan fingerprint density at radius 2 is 1.80 bits per heavy atom. The van der Waals surface area contributed by atoms with Gasteiger partial charge in [-0.15, -0.1) is 10.2 Å². The maximum absolute atomic E-state index is 12.3. The zero-order chi connectivity index (χ0) is 21.3. The largest absolute Gasteiger partial charge is 0.494 e. The molecular formula is C23H28N4O2S. The third-order valence-electron chi connectivity index (χ3n) is 4.58. The number of nitrogens with zero attached hydrogens (tertiary/aromatic N) is 3. The highest BCUT2D eigenvalue weighted by molar-refractivity contribution is 7.99. The van der Waals surface area contributed by atoms with Gasteiger partial charge in [-0.2, -0.15) is 0 Å². The first kappa shape index (κ1) is 21.9. The molecule has 30 heavy (non-hydrogen) atoms. The molecule has 0 spiro atoms. The van der Waals surface area contributed by atoms with Crippen LogP contribution in [0.2, 0.25) is 0 Å². The number of benzene rings is 2. The predicted molar refractivity (Wildman–Crippen MR) is 122 cm³/mol. The molecule has 0 atom stereocenters. The lowest BCUT2D eigenvalue weighted by Crippen LogP contribution is -2.14. The summed E-state index contributed by atoms with van der Waals surface area (Å²) >= 11 is 1.39. The van der Waals surface area contributed by atoms with Crippen LogP contribution >= 0.6 is 11.8 Å². The number of nitrogens with one attached hydrogen (secondary N) is 1. The van der Waals surface area contributed by atoms with E-state index in [0.29, 0.717) is 0 Å². The molecule has 0 aliphatic rings. The van der Waals surface area contributed by atoms with E-state index in [9.17, 15) is 4.79 Å². The lowest BCUT2D eigenvalue weighted by Gasteiger charge is -2.09. The van der Waals surface area contributed by atoms with Crippen LogP contribution in [0, 0.1) is 6.92 Å². The minimum Gasteiger partial charge on any atom is -0.494 e. The van der Waals surface area contributed by atoms with Crippen LogP contribution in [0.15, 0.2) is 53.7 Å². The highest BCUT2D eigenvalue weighted by atomic mass is 32.2. The first-order valence-corrected chi connectivity index (χ1v) is 11.2. The highest BCUT2D eigenvalue weighted by Gasteiger charge is 2.15. The van der Waals surface area contributed by atoms with Gasteiger partial charge in [0.1, 0.15) is 5.75 Å². The van der Waals surface area contributed by atoms with Gasteiger partial charge in [0.25, 0.3) is 0 Å². The maximum atomic E-state index is 12.3. The number of hydrogen-bond donors (Lipinski definition) is 1. The summed E-state index contributed by atoms with van der Waals surface area (Å²) in [6, 6.07) is 15.7. The van der Waals surface area contributed by atoms with Gasteiger partial charge < -0.3 is 14.6 Å². The van der Waals surface area contributed by atoms with Gasteiger partial charge in [0.05, 0.1) is 12.4 Å². The van der Waals surface area contributed by atoms with Gasteiger partial charge in [-0.25, -0.2) is 0 Å². The zero-order valence-electron chi connectivity index (χ0n) is 17.7. The maximum Gasteiger partial charge on any atom is 0.234 e. The molecule has 0 bridgehead atoms. The van der Waals surface area contributed by atoms with Crippen molar-refractivity contribution in [3.63, 3.8) is 0 Å². The van der Waals surface area contributed by atoms with Gasteiger partial charge in [-0.05, 0) is 56.7 Å². The van der Waals surface area contributed by atoms with E-state index in [1.807, 2.05) is 66.9 Å². The van der Waals surface area contributed by atoms with Crippen LogP contribution in [-0.2, 0) is 11.3 Å². The van der Waals surface area contributed by atoms with Gasteiger partial charge >= 0.3 is 0 Å². The molecule has 0 fully saturated rings. The summed E-state index contributed by atoms with van der Waals surface area (Å²) < 4.78 is 7.75. The molecule has 1 amide bonds. The second-order valence-electron chi connectivity index (χ2n) is 6.98. The van der Waals surface area contributed by atoms with Crippen LogP contribution in [0.5, 0.6) is 5.75 Å². The second kappa shape index (κ2) is 10.8. The van der Waals surface area contributed by atoms with Crippen LogP contribution in [-0.4, -0.2) is 33.0 Å². The van der Waals surface area contributed by atoms with Crippen LogP contribution in [0.4, 0.5) is 5.69 Å². The van der Waals surface area contributed by atoms with Crippen molar-refractivity contribution in [2.45, 2.75) is 45.3 Å². The summed E-state index contributed by atoms with van der Waals surface area (Å²) in [5.74, 6) is 1.86. The first-order chi connectivity index (χ1) is 14.6. The lowest BCUT2D eigenvalue weighted by atomic mass is 10.2. The van der Waals surface area contributed by atoms with E-state index in [0.717, 1.165) is 59.5 Å².